The summed E-state index contributed by atoms with van der Waals surface area (Å²) in [7, 11) is 3.61. The molecule has 8 nitrogen and oxygen atoms in total. The van der Waals surface area contributed by atoms with E-state index in [-0.39, 0.29) is 5.91 Å². The average molecular weight is 308 g/mol. The minimum atomic E-state index is -0.106. The normalized spacial score (nSPS) is 14.2. The molecule has 1 aliphatic heterocycles. The molecule has 0 atom stereocenters. The molecule has 0 aromatic carbocycles. The van der Waals surface area contributed by atoms with Gasteiger partial charge >= 0.3 is 0 Å². The van der Waals surface area contributed by atoms with E-state index in [0.717, 1.165) is 0 Å². The standard InChI is InChI=1S/C12H14ClN7O/c1-18-3-4-20-9(16-17-10(20)11(18)21)7-19(2)12-14-5-8(13)6-15-12/h5-6H,3-4,7H2,1-2H3. The van der Waals surface area contributed by atoms with Gasteiger partial charge in [0.2, 0.25) is 11.8 Å². The Bertz CT molecular complexity index is 669. The van der Waals surface area contributed by atoms with Gasteiger partial charge in [-0.05, 0) is 0 Å². The van der Waals surface area contributed by atoms with Gasteiger partial charge in [0.1, 0.15) is 0 Å². The summed E-state index contributed by atoms with van der Waals surface area (Å²) in [6.45, 7) is 1.80. The van der Waals surface area contributed by atoms with Crippen molar-refractivity contribution in [2.75, 3.05) is 25.5 Å². The number of hydrogen-bond acceptors (Lipinski definition) is 6. The van der Waals surface area contributed by atoms with Crippen LogP contribution in [0.3, 0.4) is 0 Å². The second-order valence-electron chi connectivity index (χ2n) is 4.88. The van der Waals surface area contributed by atoms with Crippen molar-refractivity contribution in [3.05, 3.63) is 29.1 Å². The Hall–Kier alpha value is -2.22. The number of carbonyl (C=O) groups is 1. The zero-order valence-corrected chi connectivity index (χ0v) is 12.4. The summed E-state index contributed by atoms with van der Waals surface area (Å²) in [5.41, 5.74) is 0. The van der Waals surface area contributed by atoms with E-state index in [0.29, 0.717) is 42.3 Å². The second-order valence-corrected chi connectivity index (χ2v) is 5.31. The van der Waals surface area contributed by atoms with Crippen LogP contribution in [0.5, 0.6) is 0 Å². The number of likely N-dealkylation sites (N-methyl/N-ethyl adjacent to an activating group) is 1. The number of fused-ring (bicyclic) bond motifs is 1. The Morgan fingerprint density at radius 2 is 2.00 bits per heavy atom. The van der Waals surface area contributed by atoms with Crippen LogP contribution in [0.2, 0.25) is 5.02 Å². The fraction of sp³-hybridized carbons (Fsp3) is 0.417. The number of carbonyl (C=O) groups excluding carboxylic acids is 1. The summed E-state index contributed by atoms with van der Waals surface area (Å²) >= 11 is 5.77. The molecule has 0 fully saturated rings. The van der Waals surface area contributed by atoms with Crippen LogP contribution in [0, 0.1) is 0 Å². The SMILES string of the molecule is CN1CCn2c(CN(C)c3ncc(Cl)cn3)nnc2C1=O. The molecule has 0 saturated heterocycles. The second kappa shape index (κ2) is 5.28. The Labute approximate surface area is 126 Å². The van der Waals surface area contributed by atoms with Gasteiger partial charge in [-0.1, -0.05) is 11.6 Å². The predicted molar refractivity (Wildman–Crippen MR) is 76.1 cm³/mol. The van der Waals surface area contributed by atoms with E-state index < -0.39 is 0 Å². The number of hydrogen-bond donors (Lipinski definition) is 0. The highest BCUT2D eigenvalue weighted by Gasteiger charge is 2.26. The number of aromatic nitrogens is 5. The van der Waals surface area contributed by atoms with Crippen LogP contribution in [0.1, 0.15) is 16.4 Å². The van der Waals surface area contributed by atoms with Gasteiger partial charge in [-0.3, -0.25) is 4.79 Å². The van der Waals surface area contributed by atoms with Crippen LogP contribution in [-0.2, 0) is 13.1 Å². The smallest absolute Gasteiger partial charge is 0.291 e. The summed E-state index contributed by atoms with van der Waals surface area (Å²) in [5.74, 6) is 1.53. The zero-order chi connectivity index (χ0) is 15.0. The minimum Gasteiger partial charge on any atom is -0.337 e. The molecular formula is C12H14ClN7O. The minimum absolute atomic E-state index is 0.106. The van der Waals surface area contributed by atoms with Gasteiger partial charge in [-0.25, -0.2) is 9.97 Å². The van der Waals surface area contributed by atoms with Crippen LogP contribution in [0.4, 0.5) is 5.95 Å². The topological polar surface area (TPSA) is 80.0 Å². The molecule has 0 aliphatic carbocycles. The van der Waals surface area contributed by atoms with Gasteiger partial charge in [-0.2, -0.15) is 0 Å². The van der Waals surface area contributed by atoms with E-state index in [1.807, 2.05) is 16.5 Å². The summed E-state index contributed by atoms with van der Waals surface area (Å²) in [6.07, 6.45) is 3.08. The van der Waals surface area contributed by atoms with E-state index in [4.69, 9.17) is 11.6 Å². The monoisotopic (exact) mass is 307 g/mol. The lowest BCUT2D eigenvalue weighted by molar-refractivity contribution is 0.0740. The third kappa shape index (κ3) is 2.54. The molecule has 1 amide bonds. The van der Waals surface area contributed by atoms with Crippen molar-refractivity contribution in [2.24, 2.45) is 0 Å². The lowest BCUT2D eigenvalue weighted by Crippen LogP contribution is -2.38. The predicted octanol–water partition coefficient (Wildman–Crippen LogP) is 0.443. The maximum atomic E-state index is 12.0. The third-order valence-corrected chi connectivity index (χ3v) is 3.55. The van der Waals surface area contributed by atoms with E-state index in [1.54, 1.807) is 11.9 Å². The molecule has 2 aromatic rings. The Morgan fingerprint density at radius 3 is 2.71 bits per heavy atom. The summed E-state index contributed by atoms with van der Waals surface area (Å²) in [6, 6.07) is 0. The van der Waals surface area contributed by atoms with Gasteiger partial charge in [0.15, 0.2) is 5.82 Å². The number of amides is 1. The van der Waals surface area contributed by atoms with E-state index in [9.17, 15) is 4.79 Å². The molecule has 1 aliphatic rings. The number of anilines is 1. The molecule has 0 radical (unpaired) electrons. The Kier molecular flexibility index (Phi) is 3.46. The van der Waals surface area contributed by atoms with Crippen molar-refractivity contribution >= 4 is 23.5 Å². The van der Waals surface area contributed by atoms with Crippen molar-refractivity contribution in [2.45, 2.75) is 13.1 Å². The van der Waals surface area contributed by atoms with Crippen LogP contribution < -0.4 is 4.90 Å². The van der Waals surface area contributed by atoms with Crippen molar-refractivity contribution in [1.82, 2.24) is 29.6 Å². The zero-order valence-electron chi connectivity index (χ0n) is 11.7. The highest BCUT2D eigenvalue weighted by atomic mass is 35.5. The van der Waals surface area contributed by atoms with Crippen LogP contribution in [0.25, 0.3) is 0 Å². The lowest BCUT2D eigenvalue weighted by Gasteiger charge is -2.24. The fourth-order valence-electron chi connectivity index (χ4n) is 2.15. The summed E-state index contributed by atoms with van der Waals surface area (Å²) < 4.78 is 1.84. The number of nitrogens with zero attached hydrogens (tertiary/aromatic N) is 7. The van der Waals surface area contributed by atoms with E-state index in [2.05, 4.69) is 20.2 Å². The van der Waals surface area contributed by atoms with Crippen LogP contribution in [0.15, 0.2) is 12.4 Å². The van der Waals surface area contributed by atoms with Crippen molar-refractivity contribution in [1.29, 1.82) is 0 Å². The molecular weight excluding hydrogens is 294 g/mol. The first-order valence-electron chi connectivity index (χ1n) is 6.42. The molecule has 0 unspecified atom stereocenters. The highest BCUT2D eigenvalue weighted by molar-refractivity contribution is 6.30. The number of rotatable bonds is 3. The average Bonchev–Trinajstić information content (AvgIpc) is 2.87. The molecule has 2 aromatic heterocycles. The Morgan fingerprint density at radius 1 is 1.29 bits per heavy atom. The van der Waals surface area contributed by atoms with E-state index in [1.165, 1.54) is 12.4 Å². The maximum Gasteiger partial charge on any atom is 0.291 e. The molecule has 0 N–H and O–H groups in total. The van der Waals surface area contributed by atoms with Gasteiger partial charge in [0.05, 0.1) is 24.0 Å². The molecule has 0 bridgehead atoms. The van der Waals surface area contributed by atoms with Gasteiger partial charge in [0, 0.05) is 27.2 Å². The molecule has 0 spiro atoms. The van der Waals surface area contributed by atoms with Crippen LogP contribution in [-0.4, -0.2) is 56.2 Å². The summed E-state index contributed by atoms with van der Waals surface area (Å²) in [4.78, 5) is 23.7. The van der Waals surface area contributed by atoms with E-state index >= 15 is 0 Å². The lowest BCUT2D eigenvalue weighted by atomic mass is 10.3. The first-order valence-corrected chi connectivity index (χ1v) is 6.80. The van der Waals surface area contributed by atoms with Gasteiger partial charge < -0.3 is 14.4 Å². The maximum absolute atomic E-state index is 12.0. The highest BCUT2D eigenvalue weighted by Crippen LogP contribution is 2.15. The van der Waals surface area contributed by atoms with Crippen molar-refractivity contribution in [3.8, 4) is 0 Å². The van der Waals surface area contributed by atoms with Gasteiger partial charge in [0.25, 0.3) is 5.91 Å². The molecule has 21 heavy (non-hydrogen) atoms. The van der Waals surface area contributed by atoms with Crippen molar-refractivity contribution in [3.63, 3.8) is 0 Å². The molecule has 9 heteroatoms. The van der Waals surface area contributed by atoms with Gasteiger partial charge in [-0.15, -0.1) is 10.2 Å². The molecule has 3 rings (SSSR count). The van der Waals surface area contributed by atoms with Crippen LogP contribution >= 0.6 is 11.6 Å². The summed E-state index contributed by atoms with van der Waals surface area (Å²) in [5, 5.41) is 8.58. The Balaban J connectivity index is 1.81. The molecule has 3 heterocycles. The first kappa shape index (κ1) is 13.7. The largest absolute Gasteiger partial charge is 0.337 e. The molecule has 0 saturated carbocycles. The fourth-order valence-corrected chi connectivity index (χ4v) is 2.25. The number of halogens is 1. The first-order chi connectivity index (χ1) is 10.1. The third-order valence-electron chi connectivity index (χ3n) is 3.35. The quantitative estimate of drug-likeness (QED) is 0.819. The van der Waals surface area contributed by atoms with Crippen molar-refractivity contribution < 1.29 is 4.79 Å². The molecule has 110 valence electrons.